The van der Waals surface area contributed by atoms with E-state index in [0.717, 1.165) is 25.1 Å². The van der Waals surface area contributed by atoms with Crippen LogP contribution in [0.4, 0.5) is 5.82 Å². The average molecular weight is 285 g/mol. The molecule has 3 N–H and O–H groups in total. The van der Waals surface area contributed by atoms with Crippen LogP contribution in [0.1, 0.15) is 18.1 Å². The number of nitrogen functional groups attached to an aromatic ring is 1. The maximum atomic E-state index is 5.75. The number of para-hydroxylation sites is 1. The zero-order valence-corrected chi connectivity index (χ0v) is 12.7. The third kappa shape index (κ3) is 4.46. The van der Waals surface area contributed by atoms with E-state index in [1.165, 1.54) is 11.1 Å². The van der Waals surface area contributed by atoms with Crippen molar-refractivity contribution >= 4 is 5.82 Å². The van der Waals surface area contributed by atoms with Gasteiger partial charge in [-0.15, -0.1) is 0 Å². The number of nitrogens with two attached hydrogens (primary N) is 1. The third-order valence-electron chi connectivity index (χ3n) is 3.48. The minimum Gasteiger partial charge on any atom is -0.496 e. The van der Waals surface area contributed by atoms with Crippen LogP contribution in [0, 0.1) is 0 Å². The van der Waals surface area contributed by atoms with E-state index < -0.39 is 0 Å². The summed E-state index contributed by atoms with van der Waals surface area (Å²) in [5.41, 5.74) is 8.17. The molecule has 2 aromatic rings. The number of pyridine rings is 1. The lowest BCUT2D eigenvalue weighted by atomic mass is 9.98. The Morgan fingerprint density at radius 1 is 1.24 bits per heavy atom. The van der Waals surface area contributed by atoms with Gasteiger partial charge in [0.1, 0.15) is 11.6 Å². The minimum atomic E-state index is 0.341. The molecule has 0 saturated carbocycles. The molecular formula is C17H23N3O. The lowest BCUT2D eigenvalue weighted by Gasteiger charge is -2.19. The predicted octanol–water partition coefficient (Wildman–Crippen LogP) is 2.44. The van der Waals surface area contributed by atoms with Crippen molar-refractivity contribution in [3.63, 3.8) is 0 Å². The Bertz CT molecular complexity index is 571. The molecule has 1 unspecified atom stereocenters. The van der Waals surface area contributed by atoms with Crippen LogP contribution >= 0.6 is 0 Å². The number of hydrogen-bond acceptors (Lipinski definition) is 4. The number of rotatable bonds is 7. The quantitative estimate of drug-likeness (QED) is 0.820. The maximum Gasteiger partial charge on any atom is 0.123 e. The molecule has 0 aliphatic rings. The van der Waals surface area contributed by atoms with E-state index in [4.69, 9.17) is 10.5 Å². The van der Waals surface area contributed by atoms with E-state index in [-0.39, 0.29) is 0 Å². The summed E-state index contributed by atoms with van der Waals surface area (Å²) in [6.45, 7) is 3.05. The number of aromatic nitrogens is 1. The molecule has 4 heteroatoms. The van der Waals surface area contributed by atoms with Crippen molar-refractivity contribution in [2.45, 2.75) is 25.8 Å². The molecule has 0 spiro atoms. The van der Waals surface area contributed by atoms with Crippen LogP contribution in [0.3, 0.4) is 0 Å². The maximum absolute atomic E-state index is 5.75. The highest BCUT2D eigenvalue weighted by Crippen LogP contribution is 2.20. The number of nitrogens with zero attached hydrogens (tertiary/aromatic N) is 1. The molecule has 0 aliphatic heterocycles. The second kappa shape index (κ2) is 7.64. The number of likely N-dealkylation sites (N-methyl/N-ethyl adjacent to an activating group) is 1. The Morgan fingerprint density at radius 2 is 2.05 bits per heavy atom. The SMILES string of the molecule is CCNC(Cc1ccnc(N)c1)Cc1ccccc1OC. The van der Waals surface area contributed by atoms with Gasteiger partial charge in [-0.25, -0.2) is 4.98 Å². The van der Waals surface area contributed by atoms with E-state index in [2.05, 4.69) is 23.3 Å². The fourth-order valence-corrected chi connectivity index (χ4v) is 2.55. The molecule has 4 nitrogen and oxygen atoms in total. The summed E-state index contributed by atoms with van der Waals surface area (Å²) in [5.74, 6) is 1.51. The van der Waals surface area contributed by atoms with Gasteiger partial charge >= 0.3 is 0 Å². The zero-order valence-electron chi connectivity index (χ0n) is 12.7. The summed E-state index contributed by atoms with van der Waals surface area (Å²) in [6.07, 6.45) is 3.59. The Kier molecular flexibility index (Phi) is 5.58. The smallest absolute Gasteiger partial charge is 0.123 e. The first-order valence-corrected chi connectivity index (χ1v) is 7.28. The molecular weight excluding hydrogens is 262 g/mol. The lowest BCUT2D eigenvalue weighted by Crippen LogP contribution is -2.33. The van der Waals surface area contributed by atoms with Crippen LogP contribution in [0.15, 0.2) is 42.6 Å². The summed E-state index contributed by atoms with van der Waals surface area (Å²) >= 11 is 0. The van der Waals surface area contributed by atoms with Gasteiger partial charge in [0.15, 0.2) is 0 Å². The van der Waals surface area contributed by atoms with Gasteiger partial charge in [0.2, 0.25) is 0 Å². The van der Waals surface area contributed by atoms with Crippen molar-refractivity contribution < 1.29 is 4.74 Å². The van der Waals surface area contributed by atoms with Crippen LogP contribution in [-0.2, 0) is 12.8 Å². The normalized spacial score (nSPS) is 12.1. The molecule has 0 radical (unpaired) electrons. The number of nitrogens with one attached hydrogen (secondary N) is 1. The second-order valence-corrected chi connectivity index (χ2v) is 5.06. The molecule has 112 valence electrons. The van der Waals surface area contributed by atoms with Crippen LogP contribution in [0.5, 0.6) is 5.75 Å². The molecule has 2 rings (SSSR count). The standard InChI is InChI=1S/C17H23N3O/c1-3-19-15(10-13-8-9-20-17(18)11-13)12-14-6-4-5-7-16(14)21-2/h4-9,11,15,19H,3,10,12H2,1-2H3,(H2,18,20). The van der Waals surface area contributed by atoms with Gasteiger partial charge in [-0.1, -0.05) is 25.1 Å². The van der Waals surface area contributed by atoms with E-state index in [1.54, 1.807) is 13.3 Å². The predicted molar refractivity (Wildman–Crippen MR) is 86.5 cm³/mol. The minimum absolute atomic E-state index is 0.341. The van der Waals surface area contributed by atoms with Gasteiger partial charge in [-0.05, 0) is 48.7 Å². The van der Waals surface area contributed by atoms with Crippen LogP contribution in [0.2, 0.25) is 0 Å². The monoisotopic (exact) mass is 285 g/mol. The molecule has 0 saturated heterocycles. The summed E-state index contributed by atoms with van der Waals surface area (Å²) < 4.78 is 5.44. The van der Waals surface area contributed by atoms with Gasteiger partial charge in [0, 0.05) is 12.2 Å². The highest BCUT2D eigenvalue weighted by Gasteiger charge is 2.12. The molecule has 0 fully saturated rings. The Hall–Kier alpha value is -2.07. The number of anilines is 1. The van der Waals surface area contributed by atoms with Gasteiger partial charge in [-0.2, -0.15) is 0 Å². The first kappa shape index (κ1) is 15.3. The Labute approximate surface area is 126 Å². The topological polar surface area (TPSA) is 60.2 Å². The van der Waals surface area contributed by atoms with Gasteiger partial charge < -0.3 is 15.8 Å². The van der Waals surface area contributed by atoms with Crippen molar-refractivity contribution in [3.8, 4) is 5.75 Å². The first-order chi connectivity index (χ1) is 10.2. The molecule has 1 heterocycles. The second-order valence-electron chi connectivity index (χ2n) is 5.06. The lowest BCUT2D eigenvalue weighted by molar-refractivity contribution is 0.404. The van der Waals surface area contributed by atoms with E-state index in [1.807, 2.05) is 30.3 Å². The molecule has 0 amide bonds. The number of benzene rings is 1. The highest BCUT2D eigenvalue weighted by molar-refractivity contribution is 5.35. The zero-order chi connectivity index (χ0) is 15.1. The molecule has 1 aromatic carbocycles. The number of methoxy groups -OCH3 is 1. The van der Waals surface area contributed by atoms with Gasteiger partial charge in [0.05, 0.1) is 7.11 Å². The Balaban J connectivity index is 2.11. The van der Waals surface area contributed by atoms with Crippen molar-refractivity contribution in [2.75, 3.05) is 19.4 Å². The molecule has 0 bridgehead atoms. The summed E-state index contributed by atoms with van der Waals surface area (Å²) in [6, 6.07) is 12.5. The molecule has 1 aromatic heterocycles. The van der Waals surface area contributed by atoms with E-state index in [9.17, 15) is 0 Å². The van der Waals surface area contributed by atoms with Crippen molar-refractivity contribution in [1.82, 2.24) is 10.3 Å². The summed E-state index contributed by atoms with van der Waals surface area (Å²) in [5, 5.41) is 3.53. The van der Waals surface area contributed by atoms with Crippen molar-refractivity contribution in [1.29, 1.82) is 0 Å². The van der Waals surface area contributed by atoms with Crippen molar-refractivity contribution in [2.24, 2.45) is 0 Å². The highest BCUT2D eigenvalue weighted by atomic mass is 16.5. The number of hydrogen-bond donors (Lipinski definition) is 2. The van der Waals surface area contributed by atoms with E-state index >= 15 is 0 Å². The molecule has 1 atom stereocenters. The summed E-state index contributed by atoms with van der Waals surface area (Å²) in [7, 11) is 1.71. The van der Waals surface area contributed by atoms with E-state index in [0.29, 0.717) is 11.9 Å². The van der Waals surface area contributed by atoms with Gasteiger partial charge in [-0.3, -0.25) is 0 Å². The summed E-state index contributed by atoms with van der Waals surface area (Å²) in [4.78, 5) is 4.04. The third-order valence-corrected chi connectivity index (χ3v) is 3.48. The average Bonchev–Trinajstić information content (AvgIpc) is 2.48. The molecule has 0 aliphatic carbocycles. The van der Waals surface area contributed by atoms with Crippen LogP contribution < -0.4 is 15.8 Å². The fraction of sp³-hybridized carbons (Fsp3) is 0.353. The first-order valence-electron chi connectivity index (χ1n) is 7.28. The fourth-order valence-electron chi connectivity index (χ4n) is 2.55. The van der Waals surface area contributed by atoms with Crippen LogP contribution in [-0.4, -0.2) is 24.7 Å². The number of ether oxygens (including phenoxy) is 1. The largest absolute Gasteiger partial charge is 0.496 e. The van der Waals surface area contributed by atoms with Gasteiger partial charge in [0.25, 0.3) is 0 Å². The van der Waals surface area contributed by atoms with Crippen molar-refractivity contribution in [3.05, 3.63) is 53.7 Å². The Morgan fingerprint density at radius 3 is 2.76 bits per heavy atom. The molecule has 21 heavy (non-hydrogen) atoms. The van der Waals surface area contributed by atoms with Crippen LogP contribution in [0.25, 0.3) is 0 Å².